The van der Waals surface area contributed by atoms with Crippen LogP contribution in [0.15, 0.2) is 18.2 Å². The van der Waals surface area contributed by atoms with Crippen LogP contribution in [0.25, 0.3) is 0 Å². The lowest BCUT2D eigenvalue weighted by molar-refractivity contribution is -0.111. The third-order valence-corrected chi connectivity index (χ3v) is 2.96. The minimum Gasteiger partial charge on any atom is -0.485 e. The van der Waals surface area contributed by atoms with Crippen molar-refractivity contribution >= 4 is 5.97 Å². The van der Waals surface area contributed by atoms with Gasteiger partial charge in [-0.15, -0.1) is 0 Å². The lowest BCUT2D eigenvalue weighted by Crippen LogP contribution is -2.48. The van der Waals surface area contributed by atoms with Gasteiger partial charge in [0.05, 0.1) is 5.56 Å². The molecule has 0 spiro atoms. The van der Waals surface area contributed by atoms with Crippen molar-refractivity contribution in [2.75, 3.05) is 0 Å². The Bertz CT molecular complexity index is 466. The van der Waals surface area contributed by atoms with Gasteiger partial charge < -0.3 is 20.1 Å². The molecule has 5 heteroatoms. The number of carbonyl (C=O) groups is 1. The van der Waals surface area contributed by atoms with Crippen LogP contribution in [-0.2, 0) is 0 Å². The summed E-state index contributed by atoms with van der Waals surface area (Å²) in [4.78, 5) is 10.8. The highest BCUT2D eigenvalue weighted by molar-refractivity contribution is 5.88. The SMILES string of the molecule is CC1(C)Oc2ccc(C(=O)O)cc2[C@@H](O)[C@@H]1O. The van der Waals surface area contributed by atoms with Crippen LogP contribution < -0.4 is 4.74 Å². The Kier molecular flexibility index (Phi) is 2.60. The van der Waals surface area contributed by atoms with Gasteiger partial charge in [-0.1, -0.05) is 0 Å². The molecule has 0 aromatic heterocycles. The van der Waals surface area contributed by atoms with Crippen molar-refractivity contribution in [1.82, 2.24) is 0 Å². The predicted molar refractivity (Wildman–Crippen MR) is 59.1 cm³/mol. The van der Waals surface area contributed by atoms with Gasteiger partial charge in [-0.25, -0.2) is 4.79 Å². The molecule has 3 N–H and O–H groups in total. The normalized spacial score (nSPS) is 25.9. The van der Waals surface area contributed by atoms with E-state index in [1.165, 1.54) is 18.2 Å². The Balaban J connectivity index is 2.50. The summed E-state index contributed by atoms with van der Waals surface area (Å²) in [5.74, 6) is -0.683. The number of aromatic carboxylic acids is 1. The van der Waals surface area contributed by atoms with Gasteiger partial charge in [0, 0.05) is 5.56 Å². The Morgan fingerprint density at radius 1 is 1.35 bits per heavy atom. The minimum absolute atomic E-state index is 0.0540. The molecule has 0 bridgehead atoms. The van der Waals surface area contributed by atoms with Crippen molar-refractivity contribution in [3.05, 3.63) is 29.3 Å². The van der Waals surface area contributed by atoms with Crippen molar-refractivity contribution in [1.29, 1.82) is 0 Å². The van der Waals surface area contributed by atoms with E-state index in [4.69, 9.17) is 9.84 Å². The quantitative estimate of drug-likeness (QED) is 0.678. The number of rotatable bonds is 1. The number of benzene rings is 1. The Labute approximate surface area is 98.3 Å². The third-order valence-electron chi connectivity index (χ3n) is 2.96. The minimum atomic E-state index is -1.15. The molecular weight excluding hydrogens is 224 g/mol. The highest BCUT2D eigenvalue weighted by Crippen LogP contribution is 2.39. The fraction of sp³-hybridized carbons (Fsp3) is 0.417. The molecular formula is C12H14O5. The average Bonchev–Trinajstić information content (AvgIpc) is 2.25. The Morgan fingerprint density at radius 3 is 2.59 bits per heavy atom. The van der Waals surface area contributed by atoms with Crippen LogP contribution in [0.1, 0.15) is 35.9 Å². The fourth-order valence-electron chi connectivity index (χ4n) is 1.90. The molecule has 0 saturated carbocycles. The van der Waals surface area contributed by atoms with Gasteiger partial charge in [0.1, 0.15) is 23.6 Å². The maximum Gasteiger partial charge on any atom is 0.335 e. The summed E-state index contributed by atoms with van der Waals surface area (Å²) < 4.78 is 5.53. The first-order valence-electron chi connectivity index (χ1n) is 5.25. The first-order valence-corrected chi connectivity index (χ1v) is 5.25. The maximum absolute atomic E-state index is 10.8. The number of hydrogen-bond acceptors (Lipinski definition) is 4. The first kappa shape index (κ1) is 11.9. The number of fused-ring (bicyclic) bond motifs is 1. The smallest absolute Gasteiger partial charge is 0.335 e. The molecule has 2 atom stereocenters. The van der Waals surface area contributed by atoms with E-state index in [0.29, 0.717) is 11.3 Å². The third kappa shape index (κ3) is 1.87. The molecule has 1 heterocycles. The number of carboxylic acid groups (broad SMARTS) is 1. The van der Waals surface area contributed by atoms with Gasteiger partial charge in [-0.3, -0.25) is 0 Å². The lowest BCUT2D eigenvalue weighted by Gasteiger charge is -2.40. The molecule has 0 radical (unpaired) electrons. The molecule has 0 saturated heterocycles. The molecule has 0 fully saturated rings. The maximum atomic E-state index is 10.8. The van der Waals surface area contributed by atoms with Crippen LogP contribution in [0.4, 0.5) is 0 Å². The average molecular weight is 238 g/mol. The molecule has 17 heavy (non-hydrogen) atoms. The van der Waals surface area contributed by atoms with E-state index in [0.717, 1.165) is 0 Å². The highest BCUT2D eigenvalue weighted by Gasteiger charge is 2.42. The van der Waals surface area contributed by atoms with Crippen LogP contribution in [-0.4, -0.2) is 33.0 Å². The second-order valence-electron chi connectivity index (χ2n) is 4.65. The molecule has 0 unspecified atom stereocenters. The van der Waals surface area contributed by atoms with E-state index < -0.39 is 23.8 Å². The molecule has 1 aromatic rings. The van der Waals surface area contributed by atoms with Crippen molar-refractivity contribution < 1.29 is 24.9 Å². The molecule has 1 aliphatic rings. The number of carboxylic acids is 1. The van der Waals surface area contributed by atoms with E-state index in [9.17, 15) is 15.0 Å². The fourth-order valence-corrected chi connectivity index (χ4v) is 1.90. The molecule has 92 valence electrons. The van der Waals surface area contributed by atoms with Gasteiger partial charge in [-0.2, -0.15) is 0 Å². The van der Waals surface area contributed by atoms with Gasteiger partial charge in [0.2, 0.25) is 0 Å². The number of aliphatic hydroxyl groups is 2. The van der Waals surface area contributed by atoms with Crippen molar-refractivity contribution in [3.8, 4) is 5.75 Å². The zero-order valence-electron chi connectivity index (χ0n) is 9.54. The number of hydrogen-bond donors (Lipinski definition) is 3. The molecule has 5 nitrogen and oxygen atoms in total. The van der Waals surface area contributed by atoms with Gasteiger partial charge >= 0.3 is 5.97 Å². The van der Waals surface area contributed by atoms with Gasteiger partial charge in [0.15, 0.2) is 0 Å². The van der Waals surface area contributed by atoms with Crippen molar-refractivity contribution in [3.63, 3.8) is 0 Å². The first-order chi connectivity index (χ1) is 7.83. The van der Waals surface area contributed by atoms with Crippen molar-refractivity contribution in [2.24, 2.45) is 0 Å². The van der Waals surface area contributed by atoms with Crippen LogP contribution >= 0.6 is 0 Å². The summed E-state index contributed by atoms with van der Waals surface area (Å²) in [6.45, 7) is 3.32. The molecule has 0 aliphatic carbocycles. The van der Waals surface area contributed by atoms with Crippen LogP contribution in [0.3, 0.4) is 0 Å². The number of aliphatic hydroxyl groups excluding tert-OH is 2. The second kappa shape index (κ2) is 3.72. The van der Waals surface area contributed by atoms with Gasteiger partial charge in [0.25, 0.3) is 0 Å². The molecule has 2 rings (SSSR count). The Morgan fingerprint density at radius 2 is 2.00 bits per heavy atom. The predicted octanol–water partition coefficient (Wildman–Crippen LogP) is 0.950. The van der Waals surface area contributed by atoms with Crippen molar-refractivity contribution in [2.45, 2.75) is 31.7 Å². The summed E-state index contributed by atoms with van der Waals surface area (Å²) in [7, 11) is 0. The second-order valence-corrected chi connectivity index (χ2v) is 4.65. The topological polar surface area (TPSA) is 87.0 Å². The largest absolute Gasteiger partial charge is 0.485 e. The molecule has 1 aliphatic heterocycles. The zero-order chi connectivity index (χ0) is 12.8. The van der Waals surface area contributed by atoms with Gasteiger partial charge in [-0.05, 0) is 32.0 Å². The summed E-state index contributed by atoms with van der Waals surface area (Å²) in [5, 5.41) is 28.7. The van der Waals surface area contributed by atoms with E-state index in [-0.39, 0.29) is 5.56 Å². The summed E-state index contributed by atoms with van der Waals surface area (Å²) >= 11 is 0. The number of ether oxygens (including phenoxy) is 1. The molecule has 0 amide bonds. The Hall–Kier alpha value is -1.59. The molecule has 1 aromatic carbocycles. The van der Waals surface area contributed by atoms with E-state index >= 15 is 0 Å². The van der Waals surface area contributed by atoms with E-state index in [1.54, 1.807) is 13.8 Å². The summed E-state index contributed by atoms with van der Waals surface area (Å²) in [6, 6.07) is 4.22. The van der Waals surface area contributed by atoms with Crippen LogP contribution in [0, 0.1) is 0 Å². The highest BCUT2D eigenvalue weighted by atomic mass is 16.5. The monoisotopic (exact) mass is 238 g/mol. The van der Waals surface area contributed by atoms with Crippen LogP contribution in [0.5, 0.6) is 5.75 Å². The summed E-state index contributed by atoms with van der Waals surface area (Å²) in [6.07, 6.45) is -2.24. The zero-order valence-corrected chi connectivity index (χ0v) is 9.54. The van der Waals surface area contributed by atoms with Crippen LogP contribution in [0.2, 0.25) is 0 Å². The van der Waals surface area contributed by atoms with E-state index in [2.05, 4.69) is 0 Å². The summed E-state index contributed by atoms with van der Waals surface area (Å²) in [5.41, 5.74) is -0.549. The standard InChI is InChI=1S/C12H14O5/c1-12(2)10(14)9(13)7-5-6(11(15)16)3-4-8(7)17-12/h3-5,9-10,13-14H,1-2H3,(H,15,16)/t9-,10+/m1/s1. The lowest BCUT2D eigenvalue weighted by atomic mass is 9.88. The van der Waals surface area contributed by atoms with E-state index in [1.807, 2.05) is 0 Å².